The first kappa shape index (κ1) is 14.1. The molecule has 7 heteroatoms. The van der Waals surface area contributed by atoms with E-state index in [1.807, 2.05) is 0 Å². The molecule has 3 heterocycles. The number of pyridine rings is 1. The molecule has 0 aliphatic carbocycles. The highest BCUT2D eigenvalue weighted by molar-refractivity contribution is 5.97. The molecule has 1 aromatic heterocycles. The molecule has 0 radical (unpaired) electrons. The summed E-state index contributed by atoms with van der Waals surface area (Å²) >= 11 is 0. The molecule has 118 valence electrons. The van der Waals surface area contributed by atoms with Crippen molar-refractivity contribution in [3.8, 4) is 0 Å². The molecular formula is C16H16N4O3. The van der Waals surface area contributed by atoms with Crippen LogP contribution in [0.2, 0.25) is 0 Å². The summed E-state index contributed by atoms with van der Waals surface area (Å²) in [5.74, 6) is -0.224. The predicted molar refractivity (Wildman–Crippen MR) is 84.2 cm³/mol. The van der Waals surface area contributed by atoms with E-state index in [1.54, 1.807) is 18.3 Å². The third kappa shape index (κ3) is 2.53. The molecule has 2 N–H and O–H groups in total. The predicted octanol–water partition coefficient (Wildman–Crippen LogP) is 1.77. The van der Waals surface area contributed by atoms with Crippen LogP contribution in [0.1, 0.15) is 29.8 Å². The Balaban J connectivity index is 1.58. The van der Waals surface area contributed by atoms with Crippen molar-refractivity contribution in [1.29, 1.82) is 0 Å². The number of hydrogen-bond acceptors (Lipinski definition) is 5. The van der Waals surface area contributed by atoms with Crippen LogP contribution in [0.5, 0.6) is 0 Å². The second kappa shape index (κ2) is 5.27. The van der Waals surface area contributed by atoms with Crippen molar-refractivity contribution in [2.75, 3.05) is 0 Å². The van der Waals surface area contributed by atoms with E-state index in [-0.39, 0.29) is 17.6 Å². The van der Waals surface area contributed by atoms with Gasteiger partial charge < -0.3 is 10.6 Å². The zero-order valence-corrected chi connectivity index (χ0v) is 12.4. The largest absolute Gasteiger partial charge is 0.346 e. The van der Waals surface area contributed by atoms with Crippen molar-refractivity contribution in [3.05, 3.63) is 46.3 Å². The van der Waals surface area contributed by atoms with E-state index in [4.69, 9.17) is 0 Å². The molecule has 2 aliphatic rings. The highest BCUT2D eigenvalue weighted by Crippen LogP contribution is 2.28. The monoisotopic (exact) mass is 312 g/mol. The summed E-state index contributed by atoms with van der Waals surface area (Å²) in [5.41, 5.74) is 0.299. The number of nitro benzene ring substituents is 1. The van der Waals surface area contributed by atoms with Crippen LogP contribution < -0.4 is 10.6 Å². The minimum absolute atomic E-state index is 0.00682. The summed E-state index contributed by atoms with van der Waals surface area (Å²) < 4.78 is 0. The summed E-state index contributed by atoms with van der Waals surface area (Å²) in [6, 6.07) is 7.16. The number of nitrogens with one attached hydrogen (secondary N) is 2. The molecule has 1 aromatic carbocycles. The van der Waals surface area contributed by atoms with Gasteiger partial charge in [-0.3, -0.25) is 19.9 Å². The van der Waals surface area contributed by atoms with Crippen LogP contribution in [0.25, 0.3) is 10.8 Å². The highest BCUT2D eigenvalue weighted by Gasteiger charge is 2.39. The maximum absolute atomic E-state index is 12.4. The molecular weight excluding hydrogens is 296 g/mol. The lowest BCUT2D eigenvalue weighted by atomic mass is 9.95. The van der Waals surface area contributed by atoms with E-state index in [0.29, 0.717) is 23.2 Å². The number of non-ortho nitro benzene ring substituents is 1. The number of hydrogen-bond donors (Lipinski definition) is 2. The van der Waals surface area contributed by atoms with Gasteiger partial charge in [-0.2, -0.15) is 0 Å². The molecule has 2 saturated heterocycles. The third-order valence-corrected chi connectivity index (χ3v) is 4.77. The Kier molecular flexibility index (Phi) is 3.23. The van der Waals surface area contributed by atoms with Gasteiger partial charge in [0.15, 0.2) is 0 Å². The molecule has 2 aromatic rings. The molecule has 0 spiro atoms. The third-order valence-electron chi connectivity index (χ3n) is 4.77. The number of benzene rings is 1. The van der Waals surface area contributed by atoms with E-state index in [1.165, 1.54) is 18.6 Å². The fourth-order valence-corrected chi connectivity index (χ4v) is 3.59. The number of fused-ring (bicyclic) bond motifs is 3. The number of carbonyl (C=O) groups is 1. The zero-order valence-electron chi connectivity index (χ0n) is 12.4. The van der Waals surface area contributed by atoms with Crippen molar-refractivity contribution < 1.29 is 9.72 Å². The lowest BCUT2D eigenvalue weighted by Crippen LogP contribution is -2.43. The van der Waals surface area contributed by atoms with Crippen molar-refractivity contribution in [2.45, 2.75) is 37.4 Å². The zero-order chi connectivity index (χ0) is 16.0. The highest BCUT2D eigenvalue weighted by atomic mass is 16.6. The Morgan fingerprint density at radius 3 is 2.87 bits per heavy atom. The van der Waals surface area contributed by atoms with E-state index < -0.39 is 4.92 Å². The average molecular weight is 312 g/mol. The molecule has 2 fully saturated rings. The number of rotatable bonds is 3. The van der Waals surface area contributed by atoms with Gasteiger partial charge in [-0.05, 0) is 36.8 Å². The molecule has 7 nitrogen and oxygen atoms in total. The number of nitrogens with zero attached hydrogens (tertiary/aromatic N) is 2. The van der Waals surface area contributed by atoms with Gasteiger partial charge >= 0.3 is 0 Å². The van der Waals surface area contributed by atoms with Crippen LogP contribution >= 0.6 is 0 Å². The second-order valence-electron chi connectivity index (χ2n) is 6.22. The maximum atomic E-state index is 12.4. The molecule has 4 rings (SSSR count). The van der Waals surface area contributed by atoms with Gasteiger partial charge in [0.2, 0.25) is 0 Å². The summed E-state index contributed by atoms with van der Waals surface area (Å²) in [4.78, 5) is 27.0. The minimum Gasteiger partial charge on any atom is -0.346 e. The van der Waals surface area contributed by atoms with Crippen molar-refractivity contribution >= 4 is 22.4 Å². The van der Waals surface area contributed by atoms with Crippen molar-refractivity contribution in [3.63, 3.8) is 0 Å². The van der Waals surface area contributed by atoms with Gasteiger partial charge in [-0.25, -0.2) is 0 Å². The quantitative estimate of drug-likeness (QED) is 0.665. The van der Waals surface area contributed by atoms with E-state index >= 15 is 0 Å². The van der Waals surface area contributed by atoms with E-state index in [9.17, 15) is 14.9 Å². The Bertz CT molecular complexity index is 807. The van der Waals surface area contributed by atoms with Crippen LogP contribution in [0.3, 0.4) is 0 Å². The summed E-state index contributed by atoms with van der Waals surface area (Å²) in [5, 5.41) is 18.8. The van der Waals surface area contributed by atoms with E-state index in [2.05, 4.69) is 15.6 Å². The smallest absolute Gasteiger partial charge is 0.270 e. The fourth-order valence-electron chi connectivity index (χ4n) is 3.59. The van der Waals surface area contributed by atoms with Crippen molar-refractivity contribution in [1.82, 2.24) is 15.6 Å². The SMILES string of the molecule is O=C(N[C@@H]1C[C@H]2CC[C@@H]1N2)c1cc2cc([N+](=O)[O-])ccc2cn1. The lowest BCUT2D eigenvalue weighted by Gasteiger charge is -2.21. The van der Waals surface area contributed by atoms with Crippen LogP contribution in [0.15, 0.2) is 30.5 Å². The topological polar surface area (TPSA) is 97.2 Å². The average Bonchev–Trinajstić information content (AvgIpc) is 3.16. The fraction of sp³-hybridized carbons (Fsp3) is 0.375. The summed E-state index contributed by atoms with van der Waals surface area (Å²) in [6.45, 7) is 0. The van der Waals surface area contributed by atoms with Crippen LogP contribution in [0, 0.1) is 10.1 Å². The number of carbonyl (C=O) groups excluding carboxylic acids is 1. The number of nitro groups is 1. The molecule has 1 amide bonds. The van der Waals surface area contributed by atoms with Gasteiger partial charge in [-0.15, -0.1) is 0 Å². The standard InChI is InChI=1S/C16H16N4O3/c21-16(19-14-7-11-2-4-13(14)18-11)15-6-10-5-12(20(22)23)3-1-9(10)8-17-15/h1,3,5-6,8,11,13-14,18H,2,4,7H2,(H,19,21)/t11-,13+,14-/m1/s1. The molecule has 0 unspecified atom stereocenters. The maximum Gasteiger partial charge on any atom is 0.270 e. The summed E-state index contributed by atoms with van der Waals surface area (Å²) in [7, 11) is 0. The molecule has 3 atom stereocenters. The lowest BCUT2D eigenvalue weighted by molar-refractivity contribution is -0.384. The minimum atomic E-state index is -0.444. The van der Waals surface area contributed by atoms with Crippen LogP contribution in [-0.4, -0.2) is 33.9 Å². The Morgan fingerprint density at radius 1 is 1.30 bits per heavy atom. The summed E-state index contributed by atoms with van der Waals surface area (Å²) in [6.07, 6.45) is 4.80. The molecule has 2 aliphatic heterocycles. The van der Waals surface area contributed by atoms with Crippen LogP contribution in [-0.2, 0) is 0 Å². The van der Waals surface area contributed by atoms with Gasteiger partial charge in [0.05, 0.1) is 4.92 Å². The number of amides is 1. The molecule has 2 bridgehead atoms. The Morgan fingerprint density at radius 2 is 2.17 bits per heavy atom. The first-order chi connectivity index (χ1) is 11.1. The normalized spacial score (nSPS) is 25.7. The van der Waals surface area contributed by atoms with Crippen molar-refractivity contribution in [2.24, 2.45) is 0 Å². The number of aromatic nitrogens is 1. The first-order valence-corrected chi connectivity index (χ1v) is 7.71. The van der Waals surface area contributed by atoms with Gasteiger partial charge in [-0.1, -0.05) is 0 Å². The Labute approximate surface area is 132 Å². The molecule has 23 heavy (non-hydrogen) atoms. The van der Waals surface area contributed by atoms with Gasteiger partial charge in [0.1, 0.15) is 5.69 Å². The first-order valence-electron chi connectivity index (χ1n) is 7.71. The second-order valence-corrected chi connectivity index (χ2v) is 6.22. The van der Waals surface area contributed by atoms with Crippen LogP contribution in [0.4, 0.5) is 5.69 Å². The Hall–Kier alpha value is -2.54. The molecule has 0 saturated carbocycles. The van der Waals surface area contributed by atoms with Gasteiger partial charge in [0, 0.05) is 41.8 Å². The van der Waals surface area contributed by atoms with E-state index in [0.717, 1.165) is 18.2 Å². The van der Waals surface area contributed by atoms with Gasteiger partial charge in [0.25, 0.3) is 11.6 Å².